The second kappa shape index (κ2) is 11.2. The second-order valence-corrected chi connectivity index (χ2v) is 6.18. The van der Waals surface area contributed by atoms with Crippen molar-refractivity contribution in [3.63, 3.8) is 0 Å². The molecule has 10 nitrogen and oxygen atoms in total. The normalized spacial score (nSPS) is 17.3. The minimum atomic E-state index is -0.911. The number of fused-ring (bicyclic) bond motifs is 2. The number of carboxylic acids is 1. The molecule has 1 N–H and O–H groups in total. The molecule has 0 saturated carbocycles. The Labute approximate surface area is 157 Å². The second-order valence-electron chi connectivity index (χ2n) is 6.18. The number of rotatable bonds is 8. The SMILES string of the molecule is O=COCN1CCN(COC=O)Cc2cccc(n2)CN(CC(=O)O)CC1. The summed E-state index contributed by atoms with van der Waals surface area (Å²) >= 11 is 0. The van der Waals surface area contributed by atoms with Gasteiger partial charge in [0.15, 0.2) is 0 Å². The number of carbonyl (C=O) groups excluding carboxylic acids is 2. The number of nitrogens with zero attached hydrogens (tertiary/aromatic N) is 4. The van der Waals surface area contributed by atoms with Crippen molar-refractivity contribution in [3.8, 4) is 0 Å². The fourth-order valence-corrected chi connectivity index (χ4v) is 2.84. The highest BCUT2D eigenvalue weighted by Crippen LogP contribution is 2.09. The lowest BCUT2D eigenvalue weighted by Crippen LogP contribution is -2.42. The minimum absolute atomic E-state index is 0.104. The summed E-state index contributed by atoms with van der Waals surface area (Å²) in [5.41, 5.74) is 1.56. The first-order valence-corrected chi connectivity index (χ1v) is 8.55. The minimum Gasteiger partial charge on any atom is -0.480 e. The average molecular weight is 380 g/mol. The Kier molecular flexibility index (Phi) is 8.62. The molecule has 1 aromatic heterocycles. The Morgan fingerprint density at radius 3 is 2.07 bits per heavy atom. The third-order valence-corrected chi connectivity index (χ3v) is 4.11. The molecule has 0 fully saturated rings. The molecular weight excluding hydrogens is 356 g/mol. The van der Waals surface area contributed by atoms with Gasteiger partial charge in [0, 0.05) is 39.3 Å². The molecule has 0 aromatic carbocycles. The summed E-state index contributed by atoms with van der Waals surface area (Å²) in [6.07, 6.45) is 0. The molecule has 0 aliphatic carbocycles. The van der Waals surface area contributed by atoms with Crippen LogP contribution in [0.1, 0.15) is 11.4 Å². The smallest absolute Gasteiger partial charge is 0.317 e. The summed E-state index contributed by atoms with van der Waals surface area (Å²) in [6.45, 7) is 3.89. The summed E-state index contributed by atoms with van der Waals surface area (Å²) in [5, 5.41) is 9.16. The van der Waals surface area contributed by atoms with Gasteiger partial charge >= 0.3 is 5.97 Å². The van der Waals surface area contributed by atoms with Gasteiger partial charge in [0.1, 0.15) is 13.5 Å². The van der Waals surface area contributed by atoms with Gasteiger partial charge in [0.2, 0.25) is 0 Å². The lowest BCUT2D eigenvalue weighted by atomic mass is 10.2. The van der Waals surface area contributed by atoms with E-state index < -0.39 is 5.97 Å². The molecule has 10 heteroatoms. The topological polar surface area (TPSA) is 113 Å². The number of carbonyl (C=O) groups is 3. The van der Waals surface area contributed by atoms with Gasteiger partial charge in [-0.2, -0.15) is 0 Å². The van der Waals surface area contributed by atoms with Crippen LogP contribution >= 0.6 is 0 Å². The van der Waals surface area contributed by atoms with Crippen molar-refractivity contribution in [2.75, 3.05) is 46.2 Å². The van der Waals surface area contributed by atoms with Crippen LogP contribution in [0.3, 0.4) is 0 Å². The van der Waals surface area contributed by atoms with E-state index in [1.165, 1.54) is 0 Å². The Bertz CT molecular complexity index is 629. The highest BCUT2D eigenvalue weighted by atomic mass is 16.5. The average Bonchev–Trinajstić information content (AvgIpc) is 2.64. The number of ether oxygens (including phenoxy) is 2. The summed E-state index contributed by atoms with van der Waals surface area (Å²) in [5.74, 6) is -0.911. The highest BCUT2D eigenvalue weighted by Gasteiger charge is 2.17. The molecule has 2 heterocycles. The quantitative estimate of drug-likeness (QED) is 0.584. The predicted octanol–water partition coefficient (Wildman–Crippen LogP) is -0.653. The van der Waals surface area contributed by atoms with Crippen molar-refractivity contribution < 1.29 is 29.0 Å². The van der Waals surface area contributed by atoms with Crippen molar-refractivity contribution in [2.45, 2.75) is 13.1 Å². The van der Waals surface area contributed by atoms with Crippen LogP contribution in [0.15, 0.2) is 18.2 Å². The molecule has 1 aliphatic rings. The van der Waals surface area contributed by atoms with Gasteiger partial charge in [-0.25, -0.2) is 0 Å². The van der Waals surface area contributed by atoms with Crippen LogP contribution in [0.25, 0.3) is 0 Å². The Hall–Kier alpha value is -2.56. The van der Waals surface area contributed by atoms with Gasteiger partial charge in [-0.3, -0.25) is 34.1 Å². The van der Waals surface area contributed by atoms with Gasteiger partial charge < -0.3 is 14.6 Å². The Morgan fingerprint density at radius 1 is 0.963 bits per heavy atom. The third kappa shape index (κ3) is 7.69. The van der Waals surface area contributed by atoms with Crippen molar-refractivity contribution in [2.24, 2.45) is 0 Å². The van der Waals surface area contributed by atoms with Crippen LogP contribution in [0.4, 0.5) is 0 Å². The lowest BCUT2D eigenvalue weighted by molar-refractivity contribution is -0.138. The zero-order chi connectivity index (χ0) is 19.5. The molecule has 0 amide bonds. The molecule has 0 spiro atoms. The van der Waals surface area contributed by atoms with E-state index in [9.17, 15) is 14.4 Å². The number of hydrogen-bond donors (Lipinski definition) is 1. The zero-order valence-corrected chi connectivity index (χ0v) is 15.0. The number of aliphatic carboxylic acids is 1. The largest absolute Gasteiger partial charge is 0.480 e. The molecule has 2 rings (SSSR count). The van der Waals surface area contributed by atoms with E-state index >= 15 is 0 Å². The molecule has 0 unspecified atom stereocenters. The first kappa shape index (κ1) is 20.7. The van der Waals surface area contributed by atoms with Crippen molar-refractivity contribution in [1.29, 1.82) is 0 Å². The van der Waals surface area contributed by atoms with Gasteiger partial charge in [-0.05, 0) is 12.1 Å². The molecule has 1 aliphatic heterocycles. The molecule has 148 valence electrons. The summed E-state index contributed by atoms with van der Waals surface area (Å²) < 4.78 is 9.75. The van der Waals surface area contributed by atoms with E-state index in [2.05, 4.69) is 4.98 Å². The Morgan fingerprint density at radius 2 is 1.48 bits per heavy atom. The fraction of sp³-hybridized carbons (Fsp3) is 0.529. The summed E-state index contributed by atoms with van der Waals surface area (Å²) in [7, 11) is 0. The molecule has 1 aromatic rings. The molecule has 0 atom stereocenters. The van der Waals surface area contributed by atoms with Crippen molar-refractivity contribution in [3.05, 3.63) is 29.6 Å². The van der Waals surface area contributed by atoms with Crippen molar-refractivity contribution in [1.82, 2.24) is 19.7 Å². The van der Waals surface area contributed by atoms with E-state index in [-0.39, 0.29) is 20.0 Å². The fourth-order valence-electron chi connectivity index (χ4n) is 2.84. The summed E-state index contributed by atoms with van der Waals surface area (Å²) in [6, 6.07) is 5.60. The van der Waals surface area contributed by atoms with Crippen LogP contribution in [0.2, 0.25) is 0 Å². The van der Waals surface area contributed by atoms with E-state index in [0.717, 1.165) is 11.4 Å². The van der Waals surface area contributed by atoms with E-state index in [1.807, 2.05) is 28.0 Å². The van der Waals surface area contributed by atoms with Gasteiger partial charge in [0.25, 0.3) is 12.9 Å². The lowest BCUT2D eigenvalue weighted by Gasteiger charge is -2.29. The van der Waals surface area contributed by atoms with E-state index in [1.54, 1.807) is 4.90 Å². The zero-order valence-electron chi connectivity index (χ0n) is 15.0. The molecule has 0 saturated heterocycles. The van der Waals surface area contributed by atoms with Crippen LogP contribution in [0.5, 0.6) is 0 Å². The maximum Gasteiger partial charge on any atom is 0.317 e. The van der Waals surface area contributed by atoms with Gasteiger partial charge in [-0.1, -0.05) is 6.07 Å². The maximum atomic E-state index is 11.2. The number of pyridine rings is 1. The standard InChI is InChI=1S/C17H24N4O6/c22-13-26-11-19-4-6-20(10-17(24)25)8-15-2-1-3-16(18-15)9-21(7-5-19)12-27-14-23/h1-3,13-14H,4-12H2,(H,24,25). The number of carboxylic acid groups (broad SMARTS) is 1. The first-order valence-electron chi connectivity index (χ1n) is 8.55. The van der Waals surface area contributed by atoms with Crippen LogP contribution in [0, 0.1) is 0 Å². The number of aromatic nitrogens is 1. The van der Waals surface area contributed by atoms with Crippen LogP contribution < -0.4 is 0 Å². The molecule has 27 heavy (non-hydrogen) atoms. The van der Waals surface area contributed by atoms with Gasteiger partial charge in [-0.15, -0.1) is 0 Å². The maximum absolute atomic E-state index is 11.2. The highest BCUT2D eigenvalue weighted by molar-refractivity contribution is 5.69. The van der Waals surface area contributed by atoms with Crippen LogP contribution in [-0.2, 0) is 36.9 Å². The third-order valence-electron chi connectivity index (χ3n) is 4.11. The molecule has 0 radical (unpaired) electrons. The van der Waals surface area contributed by atoms with E-state index in [4.69, 9.17) is 14.6 Å². The van der Waals surface area contributed by atoms with E-state index in [0.29, 0.717) is 52.2 Å². The monoisotopic (exact) mass is 380 g/mol. The predicted molar refractivity (Wildman–Crippen MR) is 93.2 cm³/mol. The van der Waals surface area contributed by atoms with Crippen molar-refractivity contribution >= 4 is 18.9 Å². The molecule has 2 bridgehead atoms. The van der Waals surface area contributed by atoms with Gasteiger partial charge in [0.05, 0.1) is 17.9 Å². The Balaban J connectivity index is 2.18. The first-order chi connectivity index (χ1) is 13.1. The number of hydrogen-bond acceptors (Lipinski definition) is 9. The molecular formula is C17H24N4O6. The summed E-state index contributed by atoms with van der Waals surface area (Å²) in [4.78, 5) is 42.4. The van der Waals surface area contributed by atoms with Crippen LogP contribution in [-0.4, -0.2) is 89.9 Å².